The summed E-state index contributed by atoms with van der Waals surface area (Å²) >= 11 is 0. The Bertz CT molecular complexity index is 1470. The summed E-state index contributed by atoms with van der Waals surface area (Å²) in [6.45, 7) is 9.17. The quantitative estimate of drug-likeness (QED) is 0.441. The van der Waals surface area contributed by atoms with Crippen molar-refractivity contribution in [1.82, 2.24) is 24.3 Å². The van der Waals surface area contributed by atoms with Crippen molar-refractivity contribution in [3.8, 4) is 11.5 Å². The number of carboxylic acid groups (broad SMARTS) is 1. The Morgan fingerprint density at radius 2 is 1.93 bits per heavy atom. The molecule has 1 amide bonds. The van der Waals surface area contributed by atoms with E-state index in [1.807, 2.05) is 20.8 Å². The second kappa shape index (κ2) is 11.6. The van der Waals surface area contributed by atoms with Crippen molar-refractivity contribution in [3.05, 3.63) is 58.5 Å². The van der Waals surface area contributed by atoms with Gasteiger partial charge >= 0.3 is 6.09 Å². The van der Waals surface area contributed by atoms with Crippen LogP contribution in [0.5, 0.6) is 11.5 Å². The number of carbonyl (C=O) groups is 1. The molecule has 3 aromatic rings. The molecular formula is C29H37FN6O5. The fourth-order valence-corrected chi connectivity index (χ4v) is 5.86. The van der Waals surface area contributed by atoms with Crippen LogP contribution in [0.25, 0.3) is 11.0 Å². The van der Waals surface area contributed by atoms with Gasteiger partial charge in [-0.1, -0.05) is 20.8 Å². The van der Waals surface area contributed by atoms with Gasteiger partial charge in [-0.25, -0.2) is 14.2 Å². The average molecular weight is 569 g/mol. The van der Waals surface area contributed by atoms with E-state index in [1.54, 1.807) is 18.3 Å². The molecule has 3 unspecified atom stereocenters. The molecule has 0 saturated carbocycles. The highest BCUT2D eigenvalue weighted by Gasteiger charge is 2.39. The van der Waals surface area contributed by atoms with Crippen molar-refractivity contribution in [3.63, 3.8) is 0 Å². The number of amides is 1. The first-order chi connectivity index (χ1) is 19.5. The molecule has 2 aliphatic heterocycles. The van der Waals surface area contributed by atoms with Crippen LogP contribution in [-0.4, -0.2) is 81.0 Å². The molecule has 41 heavy (non-hydrogen) atoms. The molecule has 3 N–H and O–H groups in total. The fraction of sp³-hybridized carbons (Fsp3) is 0.517. The highest BCUT2D eigenvalue weighted by atomic mass is 19.1. The molecule has 1 saturated heterocycles. The number of hydrogen-bond donors (Lipinski definition) is 2. The molecule has 2 aliphatic rings. The van der Waals surface area contributed by atoms with E-state index >= 15 is 0 Å². The van der Waals surface area contributed by atoms with Crippen molar-refractivity contribution in [2.45, 2.75) is 45.8 Å². The van der Waals surface area contributed by atoms with Crippen LogP contribution in [0.4, 0.5) is 9.18 Å². The van der Waals surface area contributed by atoms with E-state index in [9.17, 15) is 19.1 Å². The van der Waals surface area contributed by atoms with E-state index in [-0.39, 0.29) is 24.1 Å². The van der Waals surface area contributed by atoms with E-state index in [0.29, 0.717) is 74.0 Å². The Morgan fingerprint density at radius 1 is 1.17 bits per heavy atom. The maximum absolute atomic E-state index is 13.9. The predicted molar refractivity (Wildman–Crippen MR) is 151 cm³/mol. The number of rotatable bonds is 7. The van der Waals surface area contributed by atoms with Gasteiger partial charge in [-0.3, -0.25) is 14.7 Å². The van der Waals surface area contributed by atoms with Crippen LogP contribution < -0.4 is 20.8 Å². The van der Waals surface area contributed by atoms with Gasteiger partial charge < -0.3 is 29.8 Å². The molecule has 220 valence electrons. The van der Waals surface area contributed by atoms with Crippen LogP contribution >= 0.6 is 0 Å². The molecule has 0 radical (unpaired) electrons. The molecule has 5 rings (SSSR count). The van der Waals surface area contributed by atoms with Gasteiger partial charge in [0.1, 0.15) is 19.0 Å². The highest BCUT2D eigenvalue weighted by molar-refractivity contribution is 5.74. The van der Waals surface area contributed by atoms with Crippen LogP contribution in [0.2, 0.25) is 0 Å². The van der Waals surface area contributed by atoms with E-state index in [2.05, 4.69) is 14.9 Å². The van der Waals surface area contributed by atoms with E-state index in [4.69, 9.17) is 15.2 Å². The third kappa shape index (κ3) is 6.28. The predicted octanol–water partition coefficient (Wildman–Crippen LogP) is 3.12. The van der Waals surface area contributed by atoms with Gasteiger partial charge in [0.25, 0.3) is 5.56 Å². The summed E-state index contributed by atoms with van der Waals surface area (Å²) in [4.78, 5) is 37.6. The molecule has 0 bridgehead atoms. The maximum atomic E-state index is 13.9. The van der Waals surface area contributed by atoms with E-state index in [0.717, 1.165) is 0 Å². The van der Waals surface area contributed by atoms with Crippen molar-refractivity contribution < 1.29 is 23.8 Å². The van der Waals surface area contributed by atoms with Crippen LogP contribution in [0.1, 0.15) is 38.9 Å². The Balaban J connectivity index is 1.34. The van der Waals surface area contributed by atoms with Gasteiger partial charge in [0.05, 0.1) is 35.2 Å². The van der Waals surface area contributed by atoms with Gasteiger partial charge in [0.2, 0.25) is 0 Å². The Kier molecular flexibility index (Phi) is 8.14. The lowest BCUT2D eigenvalue weighted by Crippen LogP contribution is -2.54. The number of nitrogens with two attached hydrogens (primary N) is 1. The summed E-state index contributed by atoms with van der Waals surface area (Å²) in [5.74, 6) is 0.519. The summed E-state index contributed by atoms with van der Waals surface area (Å²) in [7, 11) is 0. The van der Waals surface area contributed by atoms with Crippen molar-refractivity contribution in [2.75, 3.05) is 39.4 Å². The number of likely N-dealkylation sites (tertiary alicyclic amines) is 1. The molecule has 11 nitrogen and oxygen atoms in total. The molecule has 1 fully saturated rings. The van der Waals surface area contributed by atoms with Gasteiger partial charge in [0.15, 0.2) is 11.5 Å². The van der Waals surface area contributed by atoms with Crippen LogP contribution in [0, 0.1) is 17.2 Å². The first kappa shape index (κ1) is 28.7. The van der Waals surface area contributed by atoms with Crippen LogP contribution in [-0.2, 0) is 6.54 Å². The largest absolute Gasteiger partial charge is 0.486 e. The number of aromatic nitrogens is 3. The number of hydrogen-bond acceptors (Lipinski definition) is 8. The lowest BCUT2D eigenvalue weighted by atomic mass is 9.82. The van der Waals surface area contributed by atoms with E-state index in [1.165, 1.54) is 27.8 Å². The second-order valence-electron chi connectivity index (χ2n) is 11.9. The molecule has 0 aliphatic carbocycles. The third-order valence-electron chi connectivity index (χ3n) is 7.87. The molecule has 4 heterocycles. The minimum Gasteiger partial charge on any atom is -0.486 e. The van der Waals surface area contributed by atoms with Gasteiger partial charge in [0, 0.05) is 44.2 Å². The maximum Gasteiger partial charge on any atom is 0.407 e. The monoisotopic (exact) mass is 568 g/mol. The fourth-order valence-electron chi connectivity index (χ4n) is 5.86. The minimum absolute atomic E-state index is 0.148. The van der Waals surface area contributed by atoms with Gasteiger partial charge in [-0.2, -0.15) is 0 Å². The minimum atomic E-state index is -1.05. The SMILES string of the molecule is CC(C)(C)C(c1cc2c(cn1)OCCO2)N(CC1CN(CCn2c(=O)cnc3ccc(F)cc32)CCC1N)C(=O)O. The van der Waals surface area contributed by atoms with Crippen LogP contribution in [0.15, 0.2) is 41.5 Å². The van der Waals surface area contributed by atoms with Crippen molar-refractivity contribution in [1.29, 1.82) is 0 Å². The highest BCUT2D eigenvalue weighted by Crippen LogP contribution is 2.41. The standard InChI is InChI=1S/C29H37FN6O5/c1-29(2,3)27(22-13-24-25(14-32-22)41-11-10-40-24)36(28(38)39)17-18-16-34(7-6-20(18)31)8-9-35-23-12-19(30)4-5-21(23)33-15-26(35)37/h4-5,12-15,18,20,27H,6-11,16-17,31H2,1-3H3,(H,38,39). The Labute approximate surface area is 237 Å². The summed E-state index contributed by atoms with van der Waals surface area (Å²) in [5, 5.41) is 10.4. The number of fused-ring (bicyclic) bond motifs is 2. The van der Waals surface area contributed by atoms with E-state index < -0.39 is 23.4 Å². The molecular weight excluding hydrogens is 531 g/mol. The van der Waals surface area contributed by atoms with Crippen LogP contribution in [0.3, 0.4) is 0 Å². The summed E-state index contributed by atoms with van der Waals surface area (Å²) in [6.07, 6.45) is 2.47. The van der Waals surface area contributed by atoms with Gasteiger partial charge in [-0.05, 0) is 36.6 Å². The third-order valence-corrected chi connectivity index (χ3v) is 7.87. The molecule has 12 heteroatoms. The number of benzene rings is 1. The first-order valence-corrected chi connectivity index (χ1v) is 13.9. The Hall–Kier alpha value is -3.77. The van der Waals surface area contributed by atoms with Crippen molar-refractivity contribution in [2.24, 2.45) is 17.1 Å². The second-order valence-corrected chi connectivity index (χ2v) is 11.9. The number of halogens is 1. The summed E-state index contributed by atoms with van der Waals surface area (Å²) in [5.41, 5.74) is 7.34. The lowest BCUT2D eigenvalue weighted by molar-refractivity contribution is 0.0490. The zero-order chi connectivity index (χ0) is 29.3. The number of pyridine rings is 1. The number of nitrogens with zero attached hydrogens (tertiary/aromatic N) is 5. The Morgan fingerprint density at radius 3 is 2.66 bits per heavy atom. The smallest absolute Gasteiger partial charge is 0.407 e. The zero-order valence-corrected chi connectivity index (χ0v) is 23.6. The molecule has 0 spiro atoms. The normalized spacial score (nSPS) is 20.1. The first-order valence-electron chi connectivity index (χ1n) is 13.9. The summed E-state index contributed by atoms with van der Waals surface area (Å²) < 4.78 is 26.8. The zero-order valence-electron chi connectivity index (χ0n) is 23.6. The molecule has 2 aromatic heterocycles. The van der Waals surface area contributed by atoms with Crippen molar-refractivity contribution >= 4 is 17.1 Å². The molecule has 1 aromatic carbocycles. The average Bonchev–Trinajstić information content (AvgIpc) is 2.92. The summed E-state index contributed by atoms with van der Waals surface area (Å²) in [6, 6.07) is 5.21. The lowest BCUT2D eigenvalue weighted by Gasteiger charge is -2.43. The number of ether oxygens (including phenoxy) is 2. The topological polar surface area (TPSA) is 136 Å². The molecule has 3 atom stereocenters. The van der Waals surface area contributed by atoms with Gasteiger partial charge in [-0.15, -0.1) is 0 Å². The number of piperidine rings is 1.